The molecule has 0 aliphatic heterocycles. The third kappa shape index (κ3) is 3.29. The zero-order valence-corrected chi connectivity index (χ0v) is 15.4. The summed E-state index contributed by atoms with van der Waals surface area (Å²) in [7, 11) is 0. The molecule has 0 fully saturated rings. The molecule has 0 atom stereocenters. The normalized spacial score (nSPS) is 10.9. The van der Waals surface area contributed by atoms with Crippen molar-refractivity contribution in [3.05, 3.63) is 86.7 Å². The molecule has 0 aliphatic carbocycles. The smallest absolute Gasteiger partial charge is 0.353 e. The van der Waals surface area contributed by atoms with Crippen molar-refractivity contribution in [2.45, 2.75) is 13.3 Å². The van der Waals surface area contributed by atoms with E-state index in [-0.39, 0.29) is 16.9 Å². The van der Waals surface area contributed by atoms with Crippen LogP contribution >= 0.6 is 11.3 Å². The summed E-state index contributed by atoms with van der Waals surface area (Å²) in [6.45, 7) is 2.01. The maximum atomic E-state index is 13.2. The van der Waals surface area contributed by atoms with Crippen LogP contribution in [0.25, 0.3) is 22.3 Å². The van der Waals surface area contributed by atoms with E-state index in [4.69, 9.17) is 9.15 Å². The van der Waals surface area contributed by atoms with Crippen molar-refractivity contribution >= 4 is 28.3 Å². The van der Waals surface area contributed by atoms with Crippen LogP contribution in [0.15, 0.2) is 75.3 Å². The van der Waals surface area contributed by atoms with E-state index in [0.29, 0.717) is 21.4 Å². The van der Waals surface area contributed by atoms with Gasteiger partial charge in [-0.2, -0.15) is 0 Å². The van der Waals surface area contributed by atoms with Gasteiger partial charge in [-0.05, 0) is 35.6 Å². The van der Waals surface area contributed by atoms with Crippen LogP contribution in [0.5, 0.6) is 5.75 Å². The van der Waals surface area contributed by atoms with Crippen LogP contribution in [-0.4, -0.2) is 5.97 Å². The first kappa shape index (κ1) is 17.2. The first-order chi connectivity index (χ1) is 13.2. The number of carbonyl (C=O) groups excluding carboxylic acids is 1. The van der Waals surface area contributed by atoms with Crippen molar-refractivity contribution < 1.29 is 13.9 Å². The number of benzene rings is 2. The van der Waals surface area contributed by atoms with E-state index >= 15 is 0 Å². The van der Waals surface area contributed by atoms with Gasteiger partial charge in [0.15, 0.2) is 5.76 Å². The Morgan fingerprint density at radius 3 is 2.59 bits per heavy atom. The van der Waals surface area contributed by atoms with Gasteiger partial charge in [0.05, 0.1) is 5.39 Å². The third-order valence-corrected chi connectivity index (χ3v) is 5.12. The summed E-state index contributed by atoms with van der Waals surface area (Å²) in [5.41, 5.74) is 1.80. The van der Waals surface area contributed by atoms with E-state index in [0.717, 1.165) is 12.0 Å². The molecule has 5 heteroatoms. The minimum absolute atomic E-state index is 0.0830. The zero-order valence-electron chi connectivity index (χ0n) is 14.6. The molecule has 134 valence electrons. The van der Waals surface area contributed by atoms with Crippen molar-refractivity contribution in [2.75, 3.05) is 0 Å². The first-order valence-corrected chi connectivity index (χ1v) is 9.46. The van der Waals surface area contributed by atoms with Crippen LogP contribution in [0.3, 0.4) is 0 Å². The molecule has 0 saturated heterocycles. The predicted molar refractivity (Wildman–Crippen MR) is 107 cm³/mol. The minimum atomic E-state index is -0.569. The van der Waals surface area contributed by atoms with Crippen molar-refractivity contribution in [3.63, 3.8) is 0 Å². The van der Waals surface area contributed by atoms with Gasteiger partial charge >= 0.3 is 5.97 Å². The van der Waals surface area contributed by atoms with E-state index in [1.165, 1.54) is 11.3 Å². The highest BCUT2D eigenvalue weighted by molar-refractivity contribution is 7.12. The van der Waals surface area contributed by atoms with E-state index in [9.17, 15) is 9.59 Å². The number of fused-ring (bicyclic) bond motifs is 1. The van der Waals surface area contributed by atoms with Crippen molar-refractivity contribution in [1.29, 1.82) is 0 Å². The zero-order chi connectivity index (χ0) is 18.8. The van der Waals surface area contributed by atoms with E-state index in [1.807, 2.05) is 43.3 Å². The van der Waals surface area contributed by atoms with Crippen LogP contribution in [-0.2, 0) is 6.42 Å². The quantitative estimate of drug-likeness (QED) is 0.453. The largest absolute Gasteiger partial charge is 0.452 e. The second-order valence-corrected chi connectivity index (χ2v) is 6.95. The van der Waals surface area contributed by atoms with Gasteiger partial charge in [0.2, 0.25) is 11.2 Å². The Morgan fingerprint density at radius 2 is 1.89 bits per heavy atom. The molecule has 2 heterocycles. The summed E-state index contributed by atoms with van der Waals surface area (Å²) in [4.78, 5) is 26.1. The lowest BCUT2D eigenvalue weighted by Gasteiger charge is -2.10. The van der Waals surface area contributed by atoms with Gasteiger partial charge in [0.1, 0.15) is 10.5 Å². The fourth-order valence-corrected chi connectivity index (χ4v) is 3.45. The average Bonchev–Trinajstić information content (AvgIpc) is 3.25. The second kappa shape index (κ2) is 7.21. The van der Waals surface area contributed by atoms with Crippen LogP contribution in [0.2, 0.25) is 0 Å². The first-order valence-electron chi connectivity index (χ1n) is 8.58. The standard InChI is InChI=1S/C22H16O4S/c1-2-14-10-11-17-16(13-14)19(23)21(26-22(24)18-9-6-12-27-18)20(25-17)15-7-4-3-5-8-15/h3-13H,2H2,1H3. The average molecular weight is 376 g/mol. The molecular weight excluding hydrogens is 360 g/mol. The summed E-state index contributed by atoms with van der Waals surface area (Å²) < 4.78 is 11.5. The molecule has 0 unspecified atom stereocenters. The molecule has 27 heavy (non-hydrogen) atoms. The Hall–Kier alpha value is -3.18. The molecule has 4 aromatic rings. The SMILES string of the molecule is CCc1ccc2oc(-c3ccccc3)c(OC(=O)c3cccs3)c(=O)c2c1. The van der Waals surface area contributed by atoms with Crippen molar-refractivity contribution in [2.24, 2.45) is 0 Å². The summed E-state index contributed by atoms with van der Waals surface area (Å²) in [6, 6.07) is 18.1. The number of rotatable bonds is 4. The summed E-state index contributed by atoms with van der Waals surface area (Å²) in [5, 5.41) is 2.19. The Kier molecular flexibility index (Phi) is 4.60. The molecular formula is C22H16O4S. The number of hydrogen-bond acceptors (Lipinski definition) is 5. The Bertz CT molecular complexity index is 1160. The van der Waals surface area contributed by atoms with Crippen molar-refractivity contribution in [1.82, 2.24) is 0 Å². The fourth-order valence-electron chi connectivity index (χ4n) is 2.86. The van der Waals surface area contributed by atoms with Crippen molar-refractivity contribution in [3.8, 4) is 17.1 Å². The molecule has 2 aromatic carbocycles. The van der Waals surface area contributed by atoms with Gasteiger partial charge in [-0.1, -0.05) is 49.4 Å². The highest BCUT2D eigenvalue weighted by atomic mass is 32.1. The Labute approximate surface area is 159 Å². The maximum absolute atomic E-state index is 13.2. The predicted octanol–water partition coefficient (Wildman–Crippen LogP) is 5.30. The topological polar surface area (TPSA) is 56.5 Å². The highest BCUT2D eigenvalue weighted by Crippen LogP contribution is 2.31. The second-order valence-electron chi connectivity index (χ2n) is 6.01. The van der Waals surface area contributed by atoms with Gasteiger partial charge in [-0.3, -0.25) is 4.79 Å². The molecule has 0 bridgehead atoms. The van der Waals surface area contributed by atoms with E-state index in [2.05, 4.69) is 0 Å². The molecule has 0 aliphatic rings. The van der Waals surface area contributed by atoms with Gasteiger partial charge < -0.3 is 9.15 Å². The Morgan fingerprint density at radius 1 is 1.07 bits per heavy atom. The van der Waals surface area contributed by atoms with Crippen LogP contribution < -0.4 is 10.2 Å². The molecule has 0 radical (unpaired) electrons. The molecule has 4 nitrogen and oxygen atoms in total. The lowest BCUT2D eigenvalue weighted by Crippen LogP contribution is -2.15. The number of ether oxygens (including phenoxy) is 1. The van der Waals surface area contributed by atoms with E-state index in [1.54, 1.807) is 29.6 Å². The maximum Gasteiger partial charge on any atom is 0.353 e. The Balaban J connectivity index is 1.93. The van der Waals surface area contributed by atoms with Crippen LogP contribution in [0.4, 0.5) is 0 Å². The molecule has 0 saturated carbocycles. The number of aryl methyl sites for hydroxylation is 1. The number of thiophene rings is 1. The monoisotopic (exact) mass is 376 g/mol. The molecule has 0 amide bonds. The van der Waals surface area contributed by atoms with Gasteiger partial charge in [-0.15, -0.1) is 11.3 Å². The fraction of sp³-hybridized carbons (Fsp3) is 0.0909. The number of carbonyl (C=O) groups is 1. The summed E-state index contributed by atoms with van der Waals surface area (Å²) in [6.07, 6.45) is 0.792. The number of esters is 1. The lowest BCUT2D eigenvalue weighted by atomic mass is 10.1. The minimum Gasteiger partial charge on any atom is -0.452 e. The van der Waals surface area contributed by atoms with E-state index < -0.39 is 5.97 Å². The third-order valence-electron chi connectivity index (χ3n) is 4.27. The molecule has 2 aromatic heterocycles. The lowest BCUT2D eigenvalue weighted by molar-refractivity contribution is 0.0736. The molecule has 0 spiro atoms. The van der Waals surface area contributed by atoms with Gasteiger partial charge in [0.25, 0.3) is 0 Å². The van der Waals surface area contributed by atoms with Gasteiger partial charge in [0, 0.05) is 5.56 Å². The molecule has 0 N–H and O–H groups in total. The number of hydrogen-bond donors (Lipinski definition) is 0. The summed E-state index contributed by atoms with van der Waals surface area (Å²) in [5.74, 6) is -0.400. The summed E-state index contributed by atoms with van der Waals surface area (Å²) >= 11 is 1.26. The van der Waals surface area contributed by atoms with Gasteiger partial charge in [-0.25, -0.2) is 4.79 Å². The van der Waals surface area contributed by atoms with Crippen LogP contribution in [0.1, 0.15) is 22.2 Å². The molecule has 4 rings (SSSR count). The van der Waals surface area contributed by atoms with Crippen LogP contribution in [0, 0.1) is 0 Å². The highest BCUT2D eigenvalue weighted by Gasteiger charge is 2.21.